The van der Waals surface area contributed by atoms with Crippen molar-refractivity contribution in [1.82, 2.24) is 15.2 Å². The molecule has 0 spiro atoms. The van der Waals surface area contributed by atoms with Gasteiger partial charge in [0.1, 0.15) is 6.23 Å². The van der Waals surface area contributed by atoms with E-state index in [1.54, 1.807) is 0 Å². The molecule has 0 amide bonds. The van der Waals surface area contributed by atoms with Crippen LogP contribution in [-0.4, -0.2) is 34.3 Å². The Balaban J connectivity index is 1.42. The quantitative estimate of drug-likeness (QED) is 0.499. The van der Waals surface area contributed by atoms with E-state index in [9.17, 15) is 0 Å². The van der Waals surface area contributed by atoms with Crippen LogP contribution in [0.2, 0.25) is 10.0 Å². The van der Waals surface area contributed by atoms with Gasteiger partial charge in [0.2, 0.25) is 0 Å². The molecular weight excluding hydrogens is 449 g/mol. The summed E-state index contributed by atoms with van der Waals surface area (Å²) in [5, 5.41) is 5.30. The molecule has 1 N–H and O–H groups in total. The number of ether oxygens (including phenoxy) is 1. The van der Waals surface area contributed by atoms with Gasteiger partial charge in [-0.2, -0.15) is 0 Å². The Hall–Kier alpha value is -1.60. The summed E-state index contributed by atoms with van der Waals surface area (Å²) in [6, 6.07) is 22.2. The lowest BCUT2D eigenvalue weighted by molar-refractivity contribution is 0.0184. The first-order valence-corrected chi connectivity index (χ1v) is 12.1. The van der Waals surface area contributed by atoms with Gasteiger partial charge in [0.05, 0.1) is 23.2 Å². The minimum absolute atomic E-state index is 0.103. The molecule has 5 rings (SSSR count). The van der Waals surface area contributed by atoms with Gasteiger partial charge in [-0.3, -0.25) is 4.98 Å². The van der Waals surface area contributed by atoms with Gasteiger partial charge in [-0.05, 0) is 47.5 Å². The van der Waals surface area contributed by atoms with Crippen molar-refractivity contribution in [2.75, 3.05) is 18.9 Å². The van der Waals surface area contributed by atoms with Gasteiger partial charge in [-0.25, -0.2) is 4.90 Å². The Morgan fingerprint density at radius 2 is 1.71 bits per heavy atom. The van der Waals surface area contributed by atoms with E-state index in [2.05, 4.69) is 39.5 Å². The van der Waals surface area contributed by atoms with Crippen molar-refractivity contribution in [3.63, 3.8) is 0 Å². The number of aromatic nitrogens is 1. The highest BCUT2D eigenvalue weighted by Crippen LogP contribution is 2.55. The molecule has 3 heterocycles. The van der Waals surface area contributed by atoms with Crippen LogP contribution in [0.25, 0.3) is 0 Å². The number of rotatable bonds is 6. The molecule has 4 nitrogen and oxygen atoms in total. The van der Waals surface area contributed by atoms with Crippen molar-refractivity contribution >= 4 is 35.0 Å². The summed E-state index contributed by atoms with van der Waals surface area (Å²) in [6.07, 6.45) is 1.71. The van der Waals surface area contributed by atoms with E-state index in [0.717, 1.165) is 40.1 Å². The van der Waals surface area contributed by atoms with Crippen LogP contribution in [-0.2, 0) is 11.3 Å². The molecule has 2 aliphatic rings. The lowest BCUT2D eigenvalue weighted by Crippen LogP contribution is -2.51. The van der Waals surface area contributed by atoms with Crippen molar-refractivity contribution in [3.05, 3.63) is 99.8 Å². The molecule has 3 atom stereocenters. The predicted molar refractivity (Wildman–Crippen MR) is 127 cm³/mol. The molecule has 0 bridgehead atoms. The molecular formula is C24H23Cl2N3OS. The first kappa shape index (κ1) is 21.3. The van der Waals surface area contributed by atoms with E-state index < -0.39 is 0 Å². The topological polar surface area (TPSA) is 37.4 Å². The molecule has 2 aromatic carbocycles. The lowest BCUT2D eigenvalue weighted by Gasteiger charge is -2.36. The molecule has 1 aromatic heterocycles. The van der Waals surface area contributed by atoms with Crippen LogP contribution in [0, 0.1) is 0 Å². The van der Waals surface area contributed by atoms with Crippen LogP contribution in [0.15, 0.2) is 72.9 Å². The van der Waals surface area contributed by atoms with Gasteiger partial charge in [-0.15, -0.1) is 11.8 Å². The maximum Gasteiger partial charge on any atom is 0.138 e. The molecule has 2 saturated heterocycles. The summed E-state index contributed by atoms with van der Waals surface area (Å²) in [7, 11) is 0. The molecule has 2 aliphatic heterocycles. The monoisotopic (exact) mass is 471 g/mol. The summed E-state index contributed by atoms with van der Waals surface area (Å²) >= 11 is 14.2. The van der Waals surface area contributed by atoms with Gasteiger partial charge >= 0.3 is 0 Å². The Kier molecular flexibility index (Phi) is 6.24. The molecule has 2 fully saturated rings. The van der Waals surface area contributed by atoms with E-state index in [1.807, 2.05) is 60.4 Å². The third kappa shape index (κ3) is 4.36. The van der Waals surface area contributed by atoms with E-state index >= 15 is 0 Å². The summed E-state index contributed by atoms with van der Waals surface area (Å²) in [5.41, 5.74) is 3.30. The molecule has 3 aromatic rings. The largest absolute Gasteiger partial charge is 0.357 e. The maximum absolute atomic E-state index is 6.42. The van der Waals surface area contributed by atoms with Gasteiger partial charge in [0.25, 0.3) is 0 Å². The SMILES string of the molecule is Clc1ccc([C@H]2OC[C@@]3(CNCc4ccccn4)CS[C@H](c4ccc(Cl)cc4)N23)cc1. The molecule has 31 heavy (non-hydrogen) atoms. The first-order chi connectivity index (χ1) is 15.1. The second-order valence-electron chi connectivity index (χ2n) is 7.99. The third-order valence-corrected chi connectivity index (χ3v) is 7.89. The summed E-state index contributed by atoms with van der Waals surface area (Å²) in [6.45, 7) is 2.23. The standard InChI is InChI=1S/C24H23Cl2N3OS/c25-19-8-4-17(5-9-19)22-29-23(18-6-10-20(26)11-7-18)31-16-24(29,15-30-22)14-27-13-21-3-1-2-12-28-21/h1-12,22-23,27H,13-16H2/t22-,23-,24+/m1/s1. The molecule has 160 valence electrons. The molecule has 0 unspecified atom stereocenters. The maximum atomic E-state index is 6.42. The van der Waals surface area contributed by atoms with Crippen molar-refractivity contribution in [2.45, 2.75) is 23.7 Å². The summed E-state index contributed by atoms with van der Waals surface area (Å²) < 4.78 is 6.42. The fourth-order valence-corrected chi connectivity index (χ4v) is 6.23. The minimum atomic E-state index is -0.121. The average molecular weight is 472 g/mol. The number of nitrogens with zero attached hydrogens (tertiary/aromatic N) is 2. The minimum Gasteiger partial charge on any atom is -0.357 e. The van der Waals surface area contributed by atoms with Crippen LogP contribution < -0.4 is 5.32 Å². The number of hydrogen-bond donors (Lipinski definition) is 1. The highest BCUT2D eigenvalue weighted by Gasteiger charge is 2.55. The van der Waals surface area contributed by atoms with Crippen molar-refractivity contribution in [2.24, 2.45) is 0 Å². The molecule has 0 aliphatic carbocycles. The van der Waals surface area contributed by atoms with E-state index in [4.69, 9.17) is 27.9 Å². The van der Waals surface area contributed by atoms with Gasteiger partial charge in [0, 0.05) is 35.1 Å². The van der Waals surface area contributed by atoms with Crippen molar-refractivity contribution in [1.29, 1.82) is 0 Å². The fourth-order valence-electron chi connectivity index (χ4n) is 4.33. The van der Waals surface area contributed by atoms with E-state index in [-0.39, 0.29) is 17.1 Å². The zero-order valence-corrected chi connectivity index (χ0v) is 19.2. The highest BCUT2D eigenvalue weighted by atomic mass is 35.5. The van der Waals surface area contributed by atoms with Crippen LogP contribution in [0.5, 0.6) is 0 Å². The number of hydrogen-bond acceptors (Lipinski definition) is 5. The third-order valence-electron chi connectivity index (χ3n) is 5.87. The highest BCUT2D eigenvalue weighted by molar-refractivity contribution is 7.99. The number of pyridine rings is 1. The Morgan fingerprint density at radius 3 is 2.39 bits per heavy atom. The Labute approximate surface area is 196 Å². The average Bonchev–Trinajstić information content (AvgIpc) is 3.33. The second-order valence-corrected chi connectivity index (χ2v) is 9.93. The Morgan fingerprint density at radius 1 is 1.00 bits per heavy atom. The number of halogens is 2. The molecule has 7 heteroatoms. The molecule has 0 saturated carbocycles. The van der Waals surface area contributed by atoms with Gasteiger partial charge in [0.15, 0.2) is 0 Å². The second kappa shape index (κ2) is 9.10. The number of nitrogens with one attached hydrogen (secondary N) is 1. The zero-order valence-electron chi connectivity index (χ0n) is 16.9. The summed E-state index contributed by atoms with van der Waals surface area (Å²) in [5.74, 6) is 0.986. The smallest absolute Gasteiger partial charge is 0.138 e. The molecule has 0 radical (unpaired) electrons. The predicted octanol–water partition coefficient (Wildman–Crippen LogP) is 5.69. The van der Waals surface area contributed by atoms with Crippen LogP contribution in [0.1, 0.15) is 28.4 Å². The van der Waals surface area contributed by atoms with Crippen LogP contribution in [0.4, 0.5) is 0 Å². The van der Waals surface area contributed by atoms with E-state index in [0.29, 0.717) is 6.61 Å². The van der Waals surface area contributed by atoms with E-state index in [1.165, 1.54) is 5.56 Å². The number of benzene rings is 2. The number of thioether (sulfide) groups is 1. The van der Waals surface area contributed by atoms with Crippen molar-refractivity contribution < 1.29 is 4.74 Å². The van der Waals surface area contributed by atoms with Gasteiger partial charge in [-0.1, -0.05) is 53.5 Å². The first-order valence-electron chi connectivity index (χ1n) is 10.3. The number of fused-ring (bicyclic) bond motifs is 1. The van der Waals surface area contributed by atoms with Gasteiger partial charge < -0.3 is 10.1 Å². The van der Waals surface area contributed by atoms with Crippen LogP contribution in [0.3, 0.4) is 0 Å². The normalized spacial score (nSPS) is 25.6. The van der Waals surface area contributed by atoms with Crippen LogP contribution >= 0.6 is 35.0 Å². The lowest BCUT2D eigenvalue weighted by atomic mass is 9.99. The Bertz CT molecular complexity index is 960. The fraction of sp³-hybridized carbons (Fsp3) is 0.292. The zero-order chi connectivity index (χ0) is 21.3. The summed E-state index contributed by atoms with van der Waals surface area (Å²) in [4.78, 5) is 6.95. The van der Waals surface area contributed by atoms with Crippen molar-refractivity contribution in [3.8, 4) is 0 Å².